The van der Waals surface area contributed by atoms with E-state index in [0.717, 1.165) is 64.2 Å². The summed E-state index contributed by atoms with van der Waals surface area (Å²) < 4.78 is 37.8. The number of carbonyl (C=O) groups excluding carboxylic acids is 4. The highest BCUT2D eigenvalue weighted by atomic mass is 28.3. The van der Waals surface area contributed by atoms with Crippen molar-refractivity contribution in [1.29, 1.82) is 0 Å². The minimum Gasteiger partial charge on any atom is -0.387 e. The molecule has 328 valence electrons. The molecule has 0 radical (unpaired) electrons. The first kappa shape index (κ1) is 51.4. The van der Waals surface area contributed by atoms with Gasteiger partial charge in [-0.3, -0.25) is 0 Å². The normalized spacial score (nSPS) is 36.8. The Hall–Kier alpha value is -1.73. The summed E-state index contributed by atoms with van der Waals surface area (Å²) in [5.74, 6) is -0.505. The fourth-order valence-electron chi connectivity index (χ4n) is 8.26. The molecule has 6 fully saturated rings. The third-order valence-electron chi connectivity index (χ3n) is 11.1. The van der Waals surface area contributed by atoms with Crippen LogP contribution in [0.2, 0.25) is 39.3 Å². The molecule has 14 nitrogen and oxygen atoms in total. The van der Waals surface area contributed by atoms with E-state index in [1.165, 1.54) is 6.42 Å². The fourth-order valence-corrected chi connectivity index (χ4v) is 9.81. The van der Waals surface area contributed by atoms with E-state index >= 15 is 0 Å². The minimum atomic E-state index is -1.44. The van der Waals surface area contributed by atoms with Crippen molar-refractivity contribution in [2.24, 2.45) is 0 Å². The van der Waals surface area contributed by atoms with Crippen molar-refractivity contribution in [3.63, 3.8) is 0 Å². The predicted molar refractivity (Wildman–Crippen MR) is 215 cm³/mol. The molecule has 6 rings (SSSR count). The van der Waals surface area contributed by atoms with Crippen LogP contribution in [0.3, 0.4) is 0 Å². The highest BCUT2D eigenvalue weighted by Gasteiger charge is 2.60. The van der Waals surface area contributed by atoms with E-state index in [1.54, 1.807) is 6.08 Å². The summed E-state index contributed by atoms with van der Waals surface area (Å²) in [7, 11) is -2.83. The molecule has 0 aromatic rings. The van der Waals surface area contributed by atoms with Crippen molar-refractivity contribution in [3.05, 3.63) is 23.6 Å². The molecule has 14 atom stereocenters. The Bertz CT molecular complexity index is 1300. The summed E-state index contributed by atoms with van der Waals surface area (Å²) in [6, 6.07) is 0. The summed E-state index contributed by atoms with van der Waals surface area (Å²) in [5, 5.41) is 42.0. The number of fused-ring (bicyclic) bond motifs is 4. The van der Waals surface area contributed by atoms with Gasteiger partial charge in [-0.2, -0.15) is 19.2 Å². The number of hydrogen-bond donors (Lipinski definition) is 4. The first-order valence-electron chi connectivity index (χ1n) is 20.4. The van der Waals surface area contributed by atoms with Gasteiger partial charge >= 0.3 is 12.3 Å². The zero-order chi connectivity index (χ0) is 41.8. The average Bonchev–Trinajstić information content (AvgIpc) is 3.52. The minimum absolute atomic E-state index is 0. The van der Waals surface area contributed by atoms with Crippen LogP contribution >= 0.6 is 0 Å². The summed E-state index contributed by atoms with van der Waals surface area (Å²) in [6.45, 7) is 17.5. The standard InChI is InChI=1S/C22H38O5Si.C16H30O5Si.2CO2.CH4/c1-5-15-9-10-17-19(24-15)21-20(26-22(27-21)12-7-6-8-13-22)18(25-17)16(23)11-14-28(2,3)4;1-5-10-6-7-12-16(20-10)14(19)13(18)15(21-12)11(17)8-9-22(2,3)4;2*2-1-3;/h11,14-21,23H,5-10,12-13H2,1-4H3;8-19H,5-7H2,1-4H3;;;1H4/b14-11+;9-8+;;;/t15-,16?,17-,18-,19-,20?,21-;10-,11-,12-,13-,14+,15-,16-;;;/m00.../s1. The zero-order valence-corrected chi connectivity index (χ0v) is 36.5. The fraction of sp³-hybridized carbons (Fsp3) is 0.854. The summed E-state index contributed by atoms with van der Waals surface area (Å²) in [4.78, 5) is 32.5. The Labute approximate surface area is 341 Å². The second-order valence-electron chi connectivity index (χ2n) is 17.9. The number of ether oxygens (including phenoxy) is 6. The largest absolute Gasteiger partial charge is 0.387 e. The van der Waals surface area contributed by atoms with Gasteiger partial charge in [-0.05, 0) is 51.4 Å². The Morgan fingerprint density at radius 1 is 0.614 bits per heavy atom. The average molecular weight is 845 g/mol. The van der Waals surface area contributed by atoms with Gasteiger partial charge in [0, 0.05) is 12.8 Å². The lowest BCUT2D eigenvalue weighted by Crippen LogP contribution is -2.63. The third-order valence-corrected chi connectivity index (χ3v) is 13.5. The van der Waals surface area contributed by atoms with Gasteiger partial charge < -0.3 is 48.8 Å². The molecule has 57 heavy (non-hydrogen) atoms. The quantitative estimate of drug-likeness (QED) is 0.246. The molecule has 0 aromatic carbocycles. The van der Waals surface area contributed by atoms with Gasteiger partial charge in [-0.1, -0.05) is 90.5 Å². The number of rotatable bonds is 8. The second kappa shape index (κ2) is 23.3. The highest BCUT2D eigenvalue weighted by molar-refractivity contribution is 6.81. The van der Waals surface area contributed by atoms with Gasteiger partial charge in [0.05, 0.1) is 40.6 Å². The van der Waals surface area contributed by atoms with Crippen LogP contribution in [0.1, 0.15) is 91.9 Å². The van der Waals surface area contributed by atoms with Gasteiger partial charge in [-0.15, -0.1) is 0 Å². The highest BCUT2D eigenvalue weighted by Crippen LogP contribution is 2.48. The number of aliphatic hydroxyl groups is 4. The van der Waals surface area contributed by atoms with E-state index < -0.39 is 58.6 Å². The summed E-state index contributed by atoms with van der Waals surface area (Å²) >= 11 is 0. The lowest BCUT2D eigenvalue weighted by atomic mass is 9.87. The molecule has 0 aromatic heterocycles. The van der Waals surface area contributed by atoms with Crippen molar-refractivity contribution in [1.82, 2.24) is 0 Å². The Morgan fingerprint density at radius 3 is 1.51 bits per heavy atom. The maximum absolute atomic E-state index is 11.0. The molecule has 16 heteroatoms. The van der Waals surface area contributed by atoms with Crippen LogP contribution in [0.25, 0.3) is 0 Å². The first-order valence-corrected chi connectivity index (χ1v) is 27.6. The van der Waals surface area contributed by atoms with Crippen molar-refractivity contribution < 1.29 is 68.0 Å². The predicted octanol–water partition coefficient (Wildman–Crippen LogP) is 4.65. The van der Waals surface area contributed by atoms with Crippen molar-refractivity contribution in [2.45, 2.75) is 222 Å². The van der Waals surface area contributed by atoms with Gasteiger partial charge in [-0.25, -0.2) is 0 Å². The van der Waals surface area contributed by atoms with E-state index in [-0.39, 0.29) is 68.6 Å². The SMILES string of the molecule is C.CC[C@H]1CC[C@@H]2O[C@@H](C(O)/C=C/[Si](C)(C)C)C3OC4(CCCCC4)O[C@H]3[C@H]2O1.CC[C@H]1CC[C@@H]2O[C@@H]([C@@H](O)/C=C/[Si](C)(C)C)[C@@H](O)[C@@H](O)[C@H]2O1.O=C=O.O=C=O. The lowest BCUT2D eigenvalue weighted by Gasteiger charge is -2.47. The molecule has 1 saturated carbocycles. The summed E-state index contributed by atoms with van der Waals surface area (Å²) in [6.07, 6.45) is 9.20. The molecule has 5 aliphatic heterocycles. The van der Waals surface area contributed by atoms with Crippen LogP contribution < -0.4 is 0 Å². The molecule has 4 N–H and O–H groups in total. The Morgan fingerprint density at radius 2 is 1.04 bits per heavy atom. The van der Waals surface area contributed by atoms with Crippen LogP contribution in [-0.4, -0.2) is 140 Å². The maximum Gasteiger partial charge on any atom is 0.373 e. The molecular weight excluding hydrogens is 773 g/mol. The van der Waals surface area contributed by atoms with Gasteiger partial charge in [0.2, 0.25) is 0 Å². The van der Waals surface area contributed by atoms with E-state index in [4.69, 9.17) is 47.6 Å². The molecule has 6 aliphatic rings. The molecule has 5 heterocycles. The Balaban J connectivity index is 0.000000348. The van der Waals surface area contributed by atoms with Crippen molar-refractivity contribution in [2.75, 3.05) is 0 Å². The van der Waals surface area contributed by atoms with Crippen LogP contribution in [-0.2, 0) is 47.6 Å². The number of hydrogen-bond acceptors (Lipinski definition) is 14. The number of aliphatic hydroxyl groups excluding tert-OH is 4. The monoisotopic (exact) mass is 844 g/mol. The van der Waals surface area contributed by atoms with E-state index in [1.807, 2.05) is 18.7 Å². The molecule has 0 amide bonds. The molecule has 2 unspecified atom stereocenters. The lowest BCUT2D eigenvalue weighted by molar-refractivity contribution is -0.274. The van der Waals surface area contributed by atoms with Crippen LogP contribution in [0.15, 0.2) is 23.6 Å². The van der Waals surface area contributed by atoms with Gasteiger partial charge in [0.15, 0.2) is 5.79 Å². The molecule has 1 aliphatic carbocycles. The van der Waals surface area contributed by atoms with E-state index in [9.17, 15) is 20.4 Å². The zero-order valence-electron chi connectivity index (χ0n) is 34.5. The van der Waals surface area contributed by atoms with E-state index in [2.05, 4.69) is 51.9 Å². The van der Waals surface area contributed by atoms with Crippen LogP contribution in [0, 0.1) is 0 Å². The topological polar surface area (TPSA) is 205 Å². The van der Waals surface area contributed by atoms with E-state index in [0.29, 0.717) is 0 Å². The smallest absolute Gasteiger partial charge is 0.373 e. The molecule has 5 saturated heterocycles. The van der Waals surface area contributed by atoms with Crippen LogP contribution in [0.5, 0.6) is 0 Å². The third kappa shape index (κ3) is 14.7. The first-order chi connectivity index (χ1) is 26.4. The Kier molecular flexibility index (Phi) is 21.0. The second-order valence-corrected chi connectivity index (χ2v) is 28.0. The van der Waals surface area contributed by atoms with Crippen molar-refractivity contribution >= 4 is 28.5 Å². The molecule has 1 spiro atoms. The molecular formula is C41H72O14Si2. The van der Waals surface area contributed by atoms with Gasteiger partial charge in [0.25, 0.3) is 0 Å². The summed E-state index contributed by atoms with van der Waals surface area (Å²) in [5.41, 5.74) is 4.22. The molecule has 0 bridgehead atoms. The van der Waals surface area contributed by atoms with Crippen molar-refractivity contribution in [3.8, 4) is 0 Å². The van der Waals surface area contributed by atoms with Gasteiger partial charge in [0.1, 0.15) is 61.0 Å². The van der Waals surface area contributed by atoms with Crippen LogP contribution in [0.4, 0.5) is 0 Å². The maximum atomic E-state index is 11.0.